The topological polar surface area (TPSA) is 43.4 Å². The van der Waals surface area contributed by atoms with E-state index in [9.17, 15) is 0 Å². The Morgan fingerprint density at radius 1 is 1.19 bits per heavy atom. The molecule has 1 aromatic heterocycles. The predicted molar refractivity (Wildman–Crippen MR) is 82.9 cm³/mol. The Morgan fingerprint density at radius 3 is 2.76 bits per heavy atom. The fourth-order valence-corrected chi connectivity index (χ4v) is 3.41. The molecule has 2 heterocycles. The van der Waals surface area contributed by atoms with E-state index < -0.39 is 0 Å². The predicted octanol–water partition coefficient (Wildman–Crippen LogP) is 3.96. The van der Waals surface area contributed by atoms with Crippen molar-refractivity contribution in [2.45, 2.75) is 32.6 Å². The Bertz CT molecular complexity index is 678. The third kappa shape index (κ3) is 2.28. The summed E-state index contributed by atoms with van der Waals surface area (Å²) in [4.78, 5) is 4.52. The van der Waals surface area contributed by atoms with Crippen LogP contribution < -0.4 is 14.8 Å². The van der Waals surface area contributed by atoms with Crippen molar-refractivity contribution in [2.75, 3.05) is 18.7 Å². The van der Waals surface area contributed by atoms with Crippen molar-refractivity contribution in [3.8, 4) is 11.5 Å². The van der Waals surface area contributed by atoms with Crippen molar-refractivity contribution in [2.24, 2.45) is 5.41 Å². The quantitative estimate of drug-likeness (QED) is 0.926. The first-order valence-corrected chi connectivity index (χ1v) is 7.66. The van der Waals surface area contributed by atoms with Crippen LogP contribution in [-0.4, -0.2) is 18.3 Å². The molecule has 4 heteroatoms. The van der Waals surface area contributed by atoms with E-state index in [1.54, 1.807) is 0 Å². The van der Waals surface area contributed by atoms with Crippen molar-refractivity contribution in [1.82, 2.24) is 4.98 Å². The fourth-order valence-electron chi connectivity index (χ4n) is 3.41. The van der Waals surface area contributed by atoms with Gasteiger partial charge in [0.2, 0.25) is 6.79 Å². The van der Waals surface area contributed by atoms with Crippen LogP contribution >= 0.6 is 0 Å². The molecule has 1 saturated carbocycles. The number of hydrogen-bond acceptors (Lipinski definition) is 4. The maximum atomic E-state index is 5.48. The molecular formula is C17H20N2O2. The van der Waals surface area contributed by atoms with E-state index >= 15 is 0 Å². The molecule has 2 aliphatic rings. The lowest BCUT2D eigenvalue weighted by Crippen LogP contribution is -2.23. The Kier molecular flexibility index (Phi) is 2.91. The summed E-state index contributed by atoms with van der Waals surface area (Å²) in [5.41, 5.74) is 0.403. The lowest BCUT2D eigenvalue weighted by atomic mass is 9.89. The van der Waals surface area contributed by atoms with Crippen LogP contribution in [0.3, 0.4) is 0 Å². The Morgan fingerprint density at radius 2 is 1.95 bits per heavy atom. The van der Waals surface area contributed by atoms with Crippen LogP contribution in [0.1, 0.15) is 32.6 Å². The molecule has 1 fully saturated rings. The van der Waals surface area contributed by atoms with Gasteiger partial charge in [-0.3, -0.25) is 0 Å². The first-order chi connectivity index (χ1) is 10.2. The SMILES string of the molecule is CC1(CNc2nccc3cc4c(cc23)OCO4)CCCC1. The minimum Gasteiger partial charge on any atom is -0.454 e. The van der Waals surface area contributed by atoms with Gasteiger partial charge in [-0.15, -0.1) is 0 Å². The average molecular weight is 284 g/mol. The fraction of sp³-hybridized carbons (Fsp3) is 0.471. The number of rotatable bonds is 3. The Balaban J connectivity index is 1.65. The number of hydrogen-bond donors (Lipinski definition) is 1. The van der Waals surface area contributed by atoms with Gasteiger partial charge in [-0.2, -0.15) is 0 Å². The van der Waals surface area contributed by atoms with E-state index in [1.165, 1.54) is 25.7 Å². The van der Waals surface area contributed by atoms with Gasteiger partial charge < -0.3 is 14.8 Å². The van der Waals surface area contributed by atoms with Gasteiger partial charge in [-0.25, -0.2) is 4.98 Å². The summed E-state index contributed by atoms with van der Waals surface area (Å²) in [5, 5.41) is 5.79. The number of fused-ring (bicyclic) bond motifs is 2. The summed E-state index contributed by atoms with van der Waals surface area (Å²) in [6.45, 7) is 3.65. The molecule has 1 aliphatic carbocycles. The molecular weight excluding hydrogens is 264 g/mol. The Hall–Kier alpha value is -1.97. The highest BCUT2D eigenvalue weighted by molar-refractivity contribution is 5.94. The molecule has 0 saturated heterocycles. The van der Waals surface area contributed by atoms with Crippen molar-refractivity contribution >= 4 is 16.6 Å². The van der Waals surface area contributed by atoms with Crippen LogP contribution in [0.2, 0.25) is 0 Å². The summed E-state index contributed by atoms with van der Waals surface area (Å²) in [5.74, 6) is 2.58. The van der Waals surface area contributed by atoms with Gasteiger partial charge in [0, 0.05) is 18.1 Å². The minimum atomic E-state index is 0.305. The third-order valence-electron chi connectivity index (χ3n) is 4.75. The molecule has 0 spiro atoms. The van der Waals surface area contributed by atoms with Gasteiger partial charge in [0.25, 0.3) is 0 Å². The molecule has 4 nitrogen and oxygen atoms in total. The van der Waals surface area contributed by atoms with Crippen molar-refractivity contribution in [3.05, 3.63) is 24.4 Å². The summed E-state index contributed by atoms with van der Waals surface area (Å²) < 4.78 is 10.9. The largest absolute Gasteiger partial charge is 0.454 e. The zero-order valence-electron chi connectivity index (χ0n) is 12.3. The molecule has 0 amide bonds. The highest BCUT2D eigenvalue weighted by Gasteiger charge is 2.28. The minimum absolute atomic E-state index is 0.305. The lowest BCUT2D eigenvalue weighted by molar-refractivity contribution is 0.174. The Labute approximate surface area is 124 Å². The molecule has 0 radical (unpaired) electrons. The van der Waals surface area contributed by atoms with Gasteiger partial charge in [0.15, 0.2) is 11.5 Å². The summed E-state index contributed by atoms with van der Waals surface area (Å²) in [7, 11) is 0. The lowest BCUT2D eigenvalue weighted by Gasteiger charge is -2.24. The van der Waals surface area contributed by atoms with Crippen LogP contribution in [0.15, 0.2) is 24.4 Å². The molecule has 4 rings (SSSR count). The normalized spacial score (nSPS) is 19.1. The first-order valence-electron chi connectivity index (χ1n) is 7.66. The van der Waals surface area contributed by atoms with Crippen LogP contribution in [0.5, 0.6) is 11.5 Å². The smallest absolute Gasteiger partial charge is 0.231 e. The van der Waals surface area contributed by atoms with E-state index in [-0.39, 0.29) is 0 Å². The van der Waals surface area contributed by atoms with Crippen molar-refractivity contribution in [1.29, 1.82) is 0 Å². The number of aromatic nitrogens is 1. The second-order valence-corrected chi connectivity index (χ2v) is 6.46. The van der Waals surface area contributed by atoms with Crippen molar-refractivity contribution in [3.63, 3.8) is 0 Å². The number of pyridine rings is 1. The van der Waals surface area contributed by atoms with Crippen LogP contribution in [0.4, 0.5) is 5.82 Å². The average Bonchev–Trinajstić information content (AvgIpc) is 3.11. The molecule has 1 aromatic carbocycles. The number of nitrogens with one attached hydrogen (secondary N) is 1. The second kappa shape index (κ2) is 4.79. The summed E-state index contributed by atoms with van der Waals surface area (Å²) >= 11 is 0. The highest BCUT2D eigenvalue weighted by atomic mass is 16.7. The van der Waals surface area contributed by atoms with E-state index in [0.717, 1.165) is 34.6 Å². The van der Waals surface area contributed by atoms with Crippen LogP contribution in [-0.2, 0) is 0 Å². The maximum absolute atomic E-state index is 5.48. The zero-order chi connectivity index (χ0) is 14.3. The molecule has 1 aliphatic heterocycles. The van der Waals surface area contributed by atoms with E-state index in [0.29, 0.717) is 12.2 Å². The van der Waals surface area contributed by atoms with E-state index in [2.05, 4.69) is 17.2 Å². The standard InChI is InChI=1S/C17H20N2O2/c1-17(5-2-3-6-17)10-19-16-13-9-15-14(20-11-21-15)8-12(13)4-7-18-16/h4,7-9H,2-3,5-6,10-11H2,1H3,(H,18,19). The first kappa shape index (κ1) is 12.7. The van der Waals surface area contributed by atoms with E-state index in [1.807, 2.05) is 24.4 Å². The molecule has 110 valence electrons. The number of ether oxygens (including phenoxy) is 2. The highest BCUT2D eigenvalue weighted by Crippen LogP contribution is 2.40. The molecule has 0 atom stereocenters. The van der Waals surface area contributed by atoms with E-state index in [4.69, 9.17) is 9.47 Å². The van der Waals surface area contributed by atoms with Gasteiger partial charge >= 0.3 is 0 Å². The van der Waals surface area contributed by atoms with Crippen LogP contribution in [0, 0.1) is 5.41 Å². The zero-order valence-corrected chi connectivity index (χ0v) is 12.3. The van der Waals surface area contributed by atoms with Gasteiger partial charge in [-0.05, 0) is 41.8 Å². The third-order valence-corrected chi connectivity index (χ3v) is 4.75. The number of benzene rings is 1. The molecule has 21 heavy (non-hydrogen) atoms. The summed E-state index contributed by atoms with van der Waals surface area (Å²) in [6.07, 6.45) is 7.15. The molecule has 0 unspecified atom stereocenters. The number of anilines is 1. The van der Waals surface area contributed by atoms with Gasteiger partial charge in [0.05, 0.1) is 0 Å². The van der Waals surface area contributed by atoms with Gasteiger partial charge in [0.1, 0.15) is 5.82 Å². The van der Waals surface area contributed by atoms with Gasteiger partial charge in [-0.1, -0.05) is 19.8 Å². The molecule has 2 aromatic rings. The summed E-state index contributed by atoms with van der Waals surface area (Å²) in [6, 6.07) is 6.07. The second-order valence-electron chi connectivity index (χ2n) is 6.46. The van der Waals surface area contributed by atoms with Crippen molar-refractivity contribution < 1.29 is 9.47 Å². The van der Waals surface area contributed by atoms with Crippen LogP contribution in [0.25, 0.3) is 10.8 Å². The molecule has 1 N–H and O–H groups in total. The number of nitrogens with zero attached hydrogens (tertiary/aromatic N) is 1. The molecule has 0 bridgehead atoms. The monoisotopic (exact) mass is 284 g/mol. The maximum Gasteiger partial charge on any atom is 0.231 e.